The number of aliphatic imine (C=N–C) groups is 1. The van der Waals surface area contributed by atoms with Gasteiger partial charge in [-0.3, -0.25) is 9.56 Å². The van der Waals surface area contributed by atoms with Crippen molar-refractivity contribution in [2.24, 2.45) is 10.9 Å². The molecule has 0 aliphatic heterocycles. The lowest BCUT2D eigenvalue weighted by atomic mass is 9.85. The monoisotopic (exact) mass is 800 g/mol. The van der Waals surface area contributed by atoms with Gasteiger partial charge in [-0.2, -0.15) is 0 Å². The maximum absolute atomic E-state index is 5.54. The molecule has 0 bridgehead atoms. The first-order valence-electron chi connectivity index (χ1n) is 21.9. The molecule has 1 N–H and O–H groups in total. The maximum atomic E-state index is 5.54. The number of nitrogens with zero attached hydrogens (tertiary/aromatic N) is 3. The van der Waals surface area contributed by atoms with Gasteiger partial charge >= 0.3 is 0 Å². The van der Waals surface area contributed by atoms with E-state index >= 15 is 0 Å². The van der Waals surface area contributed by atoms with Crippen LogP contribution in [-0.4, -0.2) is 28.6 Å². The molecule has 4 nitrogen and oxygen atoms in total. The minimum atomic E-state index is -0.0907. The van der Waals surface area contributed by atoms with Crippen LogP contribution in [0.1, 0.15) is 24.4 Å². The smallest absolute Gasteiger partial charge is 0.0948 e. The lowest BCUT2D eigenvalue weighted by Gasteiger charge is -2.29. The van der Waals surface area contributed by atoms with E-state index in [4.69, 9.17) is 4.99 Å². The van der Waals surface area contributed by atoms with Gasteiger partial charge in [0.2, 0.25) is 0 Å². The van der Waals surface area contributed by atoms with Crippen molar-refractivity contribution < 1.29 is 0 Å². The molecule has 4 heteroatoms. The Morgan fingerprint density at radius 2 is 1.31 bits per heavy atom. The SMILES string of the molecule is C=C/C=C\CCCn1c2ccccc2c2cc(-c3cc4c5ccccc5c5c(c6ccccc6n5C=NC(c5ccccc5)C5C=CC=CC5NC)c4c4ccccc34)ccc21. The van der Waals surface area contributed by atoms with Gasteiger partial charge in [0.15, 0.2) is 0 Å². The lowest BCUT2D eigenvalue weighted by molar-refractivity contribution is 0.430. The summed E-state index contributed by atoms with van der Waals surface area (Å²) in [6.45, 7) is 4.80. The molecule has 2 aromatic heterocycles. The number of para-hydroxylation sites is 2. The third kappa shape index (κ3) is 6.21. The average molecular weight is 801 g/mol. The van der Waals surface area contributed by atoms with Crippen LogP contribution in [-0.2, 0) is 6.54 Å². The summed E-state index contributed by atoms with van der Waals surface area (Å²) < 4.78 is 4.86. The van der Waals surface area contributed by atoms with Crippen molar-refractivity contribution in [2.75, 3.05) is 7.05 Å². The molecule has 10 aromatic rings. The fourth-order valence-corrected chi connectivity index (χ4v) is 10.4. The van der Waals surface area contributed by atoms with E-state index in [9.17, 15) is 0 Å². The summed E-state index contributed by atoms with van der Waals surface area (Å²) in [5.41, 5.74) is 8.56. The van der Waals surface area contributed by atoms with Gasteiger partial charge in [0.05, 0.1) is 23.4 Å². The van der Waals surface area contributed by atoms with Gasteiger partial charge in [0.25, 0.3) is 0 Å². The molecule has 3 atom stereocenters. The number of likely N-dealkylation sites (N-methyl/N-ethyl adjacent to an activating group) is 1. The number of unbranched alkanes of at least 4 members (excludes halogenated alkanes) is 1. The fraction of sp³-hybridized carbons (Fsp3) is 0.121. The first-order valence-corrected chi connectivity index (χ1v) is 21.9. The Morgan fingerprint density at radius 1 is 0.629 bits per heavy atom. The molecular weight excluding hydrogens is 753 g/mol. The summed E-state index contributed by atoms with van der Waals surface area (Å²) in [6, 6.07) is 56.1. The molecule has 3 unspecified atom stereocenters. The first kappa shape index (κ1) is 37.7. The zero-order chi connectivity index (χ0) is 41.6. The predicted molar refractivity (Wildman–Crippen MR) is 267 cm³/mol. The van der Waals surface area contributed by atoms with Crippen LogP contribution in [0.25, 0.3) is 87.1 Å². The van der Waals surface area contributed by atoms with Crippen molar-refractivity contribution >= 4 is 82.3 Å². The van der Waals surface area contributed by atoms with Crippen LogP contribution >= 0.6 is 0 Å². The van der Waals surface area contributed by atoms with Crippen molar-refractivity contribution in [3.8, 4) is 11.1 Å². The van der Waals surface area contributed by atoms with Gasteiger partial charge in [-0.25, -0.2) is 0 Å². The number of fused-ring (bicyclic) bond motifs is 13. The van der Waals surface area contributed by atoms with Crippen molar-refractivity contribution in [3.63, 3.8) is 0 Å². The second-order valence-electron chi connectivity index (χ2n) is 16.5. The zero-order valence-corrected chi connectivity index (χ0v) is 35.0. The summed E-state index contributed by atoms with van der Waals surface area (Å²) in [4.78, 5) is 5.54. The predicted octanol–water partition coefficient (Wildman–Crippen LogP) is 14.5. The van der Waals surface area contributed by atoms with Crippen LogP contribution in [0.2, 0.25) is 0 Å². The highest BCUT2D eigenvalue weighted by Gasteiger charge is 2.28. The van der Waals surface area contributed by atoms with Gasteiger partial charge in [0, 0.05) is 61.9 Å². The Kier molecular flexibility index (Phi) is 9.71. The van der Waals surface area contributed by atoms with Crippen LogP contribution in [0.5, 0.6) is 0 Å². The number of aryl methyl sites for hydroxylation is 1. The van der Waals surface area contributed by atoms with E-state index in [1.165, 1.54) is 87.1 Å². The Hall–Kier alpha value is -7.27. The van der Waals surface area contributed by atoms with Gasteiger partial charge in [0.1, 0.15) is 0 Å². The second kappa shape index (κ2) is 16.0. The van der Waals surface area contributed by atoms with Crippen molar-refractivity contribution in [1.82, 2.24) is 14.5 Å². The summed E-state index contributed by atoms with van der Waals surface area (Å²) in [5.74, 6) is 0.150. The Labute approximate surface area is 362 Å². The molecule has 1 aliphatic carbocycles. The fourth-order valence-electron chi connectivity index (χ4n) is 10.4. The molecule has 62 heavy (non-hydrogen) atoms. The molecule has 1 aliphatic rings. The second-order valence-corrected chi connectivity index (χ2v) is 16.5. The quantitative estimate of drug-likeness (QED) is 0.0457. The largest absolute Gasteiger partial charge is 0.340 e. The molecule has 11 rings (SSSR count). The Morgan fingerprint density at radius 3 is 2.11 bits per heavy atom. The number of rotatable bonds is 11. The van der Waals surface area contributed by atoms with Gasteiger partial charge in [-0.05, 0) is 88.5 Å². The first-order chi connectivity index (χ1) is 30.7. The van der Waals surface area contributed by atoms with E-state index in [0.29, 0.717) is 0 Å². The molecule has 0 saturated carbocycles. The number of nitrogens with one attached hydrogen (secondary N) is 1. The molecule has 0 saturated heterocycles. The highest BCUT2D eigenvalue weighted by atomic mass is 15.0. The minimum Gasteiger partial charge on any atom is -0.340 e. The lowest BCUT2D eigenvalue weighted by Crippen LogP contribution is -2.35. The highest BCUT2D eigenvalue weighted by Crippen LogP contribution is 2.46. The number of hydrogen-bond acceptors (Lipinski definition) is 2. The van der Waals surface area contributed by atoms with Crippen molar-refractivity contribution in [2.45, 2.75) is 31.5 Å². The van der Waals surface area contributed by atoms with Crippen LogP contribution in [0, 0.1) is 5.92 Å². The molecule has 0 radical (unpaired) electrons. The third-order valence-electron chi connectivity index (χ3n) is 13.1. The average Bonchev–Trinajstić information content (AvgIpc) is 3.83. The van der Waals surface area contributed by atoms with E-state index < -0.39 is 0 Å². The van der Waals surface area contributed by atoms with Crippen molar-refractivity contribution in [1.29, 1.82) is 0 Å². The van der Waals surface area contributed by atoms with E-state index in [2.05, 4.69) is 209 Å². The van der Waals surface area contributed by atoms with Crippen LogP contribution in [0.3, 0.4) is 0 Å². The molecule has 2 heterocycles. The van der Waals surface area contributed by atoms with Crippen molar-refractivity contribution in [3.05, 3.63) is 206 Å². The molecule has 0 amide bonds. The molecular formula is C58H48N4. The summed E-state index contributed by atoms with van der Waals surface area (Å²) in [5, 5.41) is 16.1. The van der Waals surface area contributed by atoms with Crippen LogP contribution < -0.4 is 5.32 Å². The topological polar surface area (TPSA) is 34.2 Å². The van der Waals surface area contributed by atoms with Gasteiger partial charge in [-0.1, -0.05) is 170 Å². The Balaban J connectivity index is 1.15. The van der Waals surface area contributed by atoms with Crippen LogP contribution in [0.4, 0.5) is 0 Å². The Bertz CT molecular complexity index is 3470. The van der Waals surface area contributed by atoms with E-state index in [0.717, 1.165) is 24.9 Å². The summed E-state index contributed by atoms with van der Waals surface area (Å²) >= 11 is 0. The number of allylic oxidation sites excluding steroid dienone is 5. The van der Waals surface area contributed by atoms with E-state index in [-0.39, 0.29) is 18.0 Å². The van der Waals surface area contributed by atoms with E-state index in [1.807, 2.05) is 19.2 Å². The standard InChI is InChI=1S/C58H48N4/c1-3-4-5-6-20-35-61-52-31-18-15-25-43(52)49-36-40(33-34-54(49)61)48-37-50-42-24-11-13-27-45(42)58-56(55(50)44-26-12-10-23-41(44)48)47-29-16-19-32-53(47)62(58)38-60-57(39-21-8-7-9-22-39)46-28-14-17-30-51(46)59-2/h3-5,7-19,21-34,36-38,46,51,57,59H,1,6,20,35H2,2H3/b5-4-,60-38?. The number of benzene rings is 8. The summed E-state index contributed by atoms with van der Waals surface area (Å²) in [6.07, 6.45) is 19.1. The normalized spacial score (nSPS) is 16.1. The molecule has 0 spiro atoms. The minimum absolute atomic E-state index is 0.0907. The van der Waals surface area contributed by atoms with E-state index in [1.54, 1.807) is 0 Å². The molecule has 300 valence electrons. The maximum Gasteiger partial charge on any atom is 0.0948 e. The number of hydrogen-bond donors (Lipinski definition) is 1. The summed E-state index contributed by atoms with van der Waals surface area (Å²) in [7, 11) is 2.04. The van der Waals surface area contributed by atoms with Crippen LogP contribution in [0.15, 0.2) is 206 Å². The number of aromatic nitrogens is 2. The third-order valence-corrected chi connectivity index (χ3v) is 13.1. The molecule has 8 aromatic carbocycles. The van der Waals surface area contributed by atoms with Gasteiger partial charge in [-0.15, -0.1) is 0 Å². The molecule has 0 fully saturated rings. The zero-order valence-electron chi connectivity index (χ0n) is 35.0. The highest BCUT2D eigenvalue weighted by molar-refractivity contribution is 6.38. The van der Waals surface area contributed by atoms with Gasteiger partial charge < -0.3 is 9.88 Å².